The number of methoxy groups -OCH3 is 2. The van der Waals surface area contributed by atoms with Crippen LogP contribution in [0.3, 0.4) is 0 Å². The van der Waals surface area contributed by atoms with Gasteiger partial charge in [-0.3, -0.25) is 4.98 Å². The molecule has 5 heteroatoms. The number of rotatable bonds is 4. The van der Waals surface area contributed by atoms with Crippen molar-refractivity contribution in [2.24, 2.45) is 0 Å². The maximum Gasteiger partial charge on any atom is 0.126 e. The molecule has 3 rings (SSSR count). The number of fused-ring (bicyclic) bond motifs is 1. The van der Waals surface area contributed by atoms with Gasteiger partial charge in [-0.2, -0.15) is 0 Å². The highest BCUT2D eigenvalue weighted by Crippen LogP contribution is 2.31. The largest absolute Gasteiger partial charge is 0.497 e. The van der Waals surface area contributed by atoms with Crippen molar-refractivity contribution in [1.82, 2.24) is 4.98 Å². The Hall–Kier alpha value is -2.27. The molecule has 23 heavy (non-hydrogen) atoms. The lowest BCUT2D eigenvalue weighted by Gasteiger charge is -2.13. The average Bonchev–Trinajstić information content (AvgIpc) is 2.57. The van der Waals surface area contributed by atoms with Crippen LogP contribution in [-0.2, 0) is 6.42 Å². The smallest absolute Gasteiger partial charge is 0.126 e. The number of nitrogens with zero attached hydrogens (tertiary/aromatic N) is 1. The Labute approximate surface area is 143 Å². The Kier molecular flexibility index (Phi) is 4.39. The Balaban J connectivity index is 2.10. The Morgan fingerprint density at radius 1 is 1.09 bits per heavy atom. The van der Waals surface area contributed by atoms with Crippen LogP contribution in [0.2, 0.25) is 0 Å². The number of hydrogen-bond donors (Lipinski definition) is 1. The number of ether oxygens (including phenoxy) is 2. The van der Waals surface area contributed by atoms with Crippen molar-refractivity contribution in [3.63, 3.8) is 0 Å². The molecule has 0 radical (unpaired) electrons. The van der Waals surface area contributed by atoms with E-state index in [1.807, 2.05) is 36.4 Å². The van der Waals surface area contributed by atoms with Gasteiger partial charge in [-0.25, -0.2) is 0 Å². The lowest BCUT2D eigenvalue weighted by atomic mass is 9.99. The predicted octanol–water partition coefficient (Wildman–Crippen LogP) is 4.19. The molecular weight excluding hydrogens is 356 g/mol. The van der Waals surface area contributed by atoms with Gasteiger partial charge in [0.25, 0.3) is 0 Å². The summed E-state index contributed by atoms with van der Waals surface area (Å²) in [5, 5.41) is 1.05. The van der Waals surface area contributed by atoms with Gasteiger partial charge in [0.05, 0.1) is 31.6 Å². The van der Waals surface area contributed by atoms with Crippen LogP contribution >= 0.6 is 15.9 Å². The SMILES string of the molecule is COc1ccc(Cc2c(N)cnc3cc(Br)ccc23)c(OC)c1. The normalized spacial score (nSPS) is 10.7. The molecule has 4 nitrogen and oxygen atoms in total. The molecule has 0 atom stereocenters. The molecule has 0 aliphatic carbocycles. The molecule has 3 aromatic rings. The van der Waals surface area contributed by atoms with Gasteiger partial charge in [-0.15, -0.1) is 0 Å². The number of hydrogen-bond acceptors (Lipinski definition) is 4. The van der Waals surface area contributed by atoms with Gasteiger partial charge in [0.15, 0.2) is 0 Å². The van der Waals surface area contributed by atoms with Crippen LogP contribution in [0.4, 0.5) is 5.69 Å². The Morgan fingerprint density at radius 3 is 2.65 bits per heavy atom. The van der Waals surface area contributed by atoms with E-state index in [4.69, 9.17) is 15.2 Å². The van der Waals surface area contributed by atoms with Gasteiger partial charge < -0.3 is 15.2 Å². The number of halogens is 1. The maximum atomic E-state index is 6.18. The highest BCUT2D eigenvalue weighted by molar-refractivity contribution is 9.10. The third-order valence-electron chi connectivity index (χ3n) is 3.84. The van der Waals surface area contributed by atoms with Gasteiger partial charge in [0.1, 0.15) is 11.5 Å². The summed E-state index contributed by atoms with van der Waals surface area (Å²) in [6.45, 7) is 0. The molecule has 0 aliphatic heterocycles. The van der Waals surface area contributed by atoms with E-state index in [1.54, 1.807) is 20.4 Å². The number of nitrogens with two attached hydrogens (primary N) is 1. The standard InChI is InChI=1S/C18H17BrN2O2/c1-22-13-5-3-11(18(9-13)23-2)7-15-14-6-4-12(19)8-17(14)21-10-16(15)20/h3-6,8-10H,7,20H2,1-2H3. The molecule has 0 spiro atoms. The fraction of sp³-hybridized carbons (Fsp3) is 0.167. The summed E-state index contributed by atoms with van der Waals surface area (Å²) in [6.07, 6.45) is 2.37. The number of aromatic nitrogens is 1. The van der Waals surface area contributed by atoms with Crippen molar-refractivity contribution >= 4 is 32.5 Å². The first-order valence-electron chi connectivity index (χ1n) is 7.16. The second-order valence-corrected chi connectivity index (χ2v) is 6.12. The minimum atomic E-state index is 0.666. The van der Waals surface area contributed by atoms with Crippen molar-refractivity contribution in [3.8, 4) is 11.5 Å². The van der Waals surface area contributed by atoms with Crippen molar-refractivity contribution < 1.29 is 9.47 Å². The first kappa shape index (κ1) is 15.6. The van der Waals surface area contributed by atoms with Crippen LogP contribution in [0.25, 0.3) is 10.9 Å². The monoisotopic (exact) mass is 372 g/mol. The molecule has 2 aromatic carbocycles. The number of nitrogen functional groups attached to an aromatic ring is 1. The lowest BCUT2D eigenvalue weighted by molar-refractivity contribution is 0.391. The van der Waals surface area contributed by atoms with Crippen molar-refractivity contribution in [2.45, 2.75) is 6.42 Å². The highest BCUT2D eigenvalue weighted by atomic mass is 79.9. The van der Waals surface area contributed by atoms with E-state index in [2.05, 4.69) is 20.9 Å². The third kappa shape index (κ3) is 3.10. The summed E-state index contributed by atoms with van der Waals surface area (Å²) < 4.78 is 11.7. The van der Waals surface area contributed by atoms with E-state index < -0.39 is 0 Å². The van der Waals surface area contributed by atoms with Crippen LogP contribution in [0, 0.1) is 0 Å². The van der Waals surface area contributed by atoms with Crippen molar-refractivity contribution in [2.75, 3.05) is 20.0 Å². The minimum absolute atomic E-state index is 0.666. The average molecular weight is 373 g/mol. The van der Waals surface area contributed by atoms with Crippen LogP contribution in [0.1, 0.15) is 11.1 Å². The van der Waals surface area contributed by atoms with Gasteiger partial charge >= 0.3 is 0 Å². The van der Waals surface area contributed by atoms with Crippen LogP contribution in [-0.4, -0.2) is 19.2 Å². The second kappa shape index (κ2) is 6.46. The highest BCUT2D eigenvalue weighted by Gasteiger charge is 2.12. The molecule has 0 bridgehead atoms. The molecule has 118 valence electrons. The summed E-state index contributed by atoms with van der Waals surface area (Å²) in [5.41, 5.74) is 9.87. The van der Waals surface area contributed by atoms with Gasteiger partial charge in [-0.05, 0) is 29.3 Å². The van der Waals surface area contributed by atoms with Crippen LogP contribution < -0.4 is 15.2 Å². The Bertz CT molecular complexity index is 865. The van der Waals surface area contributed by atoms with E-state index >= 15 is 0 Å². The molecule has 0 saturated heterocycles. The first-order valence-corrected chi connectivity index (χ1v) is 7.95. The second-order valence-electron chi connectivity index (χ2n) is 5.21. The van der Waals surface area contributed by atoms with E-state index in [0.717, 1.165) is 38.0 Å². The van der Waals surface area contributed by atoms with Crippen LogP contribution in [0.15, 0.2) is 47.1 Å². The molecule has 0 saturated carbocycles. The van der Waals surface area contributed by atoms with Crippen molar-refractivity contribution in [1.29, 1.82) is 0 Å². The van der Waals surface area contributed by atoms with Crippen molar-refractivity contribution in [3.05, 3.63) is 58.2 Å². The fourth-order valence-electron chi connectivity index (χ4n) is 2.62. The first-order chi connectivity index (χ1) is 11.1. The Morgan fingerprint density at radius 2 is 1.91 bits per heavy atom. The van der Waals surface area contributed by atoms with E-state index in [-0.39, 0.29) is 0 Å². The lowest BCUT2D eigenvalue weighted by Crippen LogP contribution is -2.01. The number of pyridine rings is 1. The molecule has 0 aliphatic rings. The van der Waals surface area contributed by atoms with E-state index in [0.29, 0.717) is 12.1 Å². The molecular formula is C18H17BrN2O2. The zero-order chi connectivity index (χ0) is 16.4. The zero-order valence-electron chi connectivity index (χ0n) is 13.0. The quantitative estimate of drug-likeness (QED) is 0.745. The van der Waals surface area contributed by atoms with Gasteiger partial charge in [-0.1, -0.05) is 28.1 Å². The molecule has 1 heterocycles. The summed E-state index contributed by atoms with van der Waals surface area (Å²) in [4.78, 5) is 4.41. The van der Waals surface area contributed by atoms with E-state index in [9.17, 15) is 0 Å². The number of benzene rings is 2. The summed E-state index contributed by atoms with van der Waals surface area (Å²) in [6, 6.07) is 11.8. The number of anilines is 1. The predicted molar refractivity (Wildman–Crippen MR) is 96.2 cm³/mol. The molecule has 2 N–H and O–H groups in total. The van der Waals surface area contributed by atoms with Gasteiger partial charge in [0, 0.05) is 22.3 Å². The van der Waals surface area contributed by atoms with E-state index in [1.165, 1.54) is 0 Å². The summed E-state index contributed by atoms with van der Waals surface area (Å²) >= 11 is 3.48. The third-order valence-corrected chi connectivity index (χ3v) is 4.33. The topological polar surface area (TPSA) is 57.4 Å². The summed E-state index contributed by atoms with van der Waals surface area (Å²) in [5.74, 6) is 1.55. The molecule has 0 fully saturated rings. The molecule has 1 aromatic heterocycles. The minimum Gasteiger partial charge on any atom is -0.497 e. The zero-order valence-corrected chi connectivity index (χ0v) is 14.6. The molecule has 0 unspecified atom stereocenters. The van der Waals surface area contributed by atoms with Crippen LogP contribution in [0.5, 0.6) is 11.5 Å². The maximum absolute atomic E-state index is 6.18. The summed E-state index contributed by atoms with van der Waals surface area (Å²) in [7, 11) is 3.30. The van der Waals surface area contributed by atoms with Gasteiger partial charge in [0.2, 0.25) is 0 Å². The fourth-order valence-corrected chi connectivity index (χ4v) is 2.97. The molecule has 0 amide bonds.